The molecule has 0 amide bonds. The second-order valence-electron chi connectivity index (χ2n) is 16.7. The number of unbranched alkanes of at least 4 members (excludes halogenated alkanes) is 19. The summed E-state index contributed by atoms with van der Waals surface area (Å²) in [6.45, 7) is 7.51. The summed E-state index contributed by atoms with van der Waals surface area (Å²) in [4.78, 5) is 25.4. The molecule has 1 atom stereocenters. The zero-order chi connectivity index (χ0) is 44.9. The second-order valence-corrected chi connectivity index (χ2v) is 16.7. The first-order valence-electron chi connectivity index (χ1n) is 25.8. The molecule has 5 nitrogen and oxygen atoms in total. The topological polar surface area (TPSA) is 61.8 Å². The molecule has 0 aliphatic heterocycles. The van der Waals surface area contributed by atoms with Crippen molar-refractivity contribution in [2.24, 2.45) is 0 Å². The normalized spacial score (nSPS) is 13.0. The molecule has 0 aromatic rings. The Balaban J connectivity index is 4.37. The summed E-state index contributed by atoms with van der Waals surface area (Å²) in [6.07, 6.45) is 69.9. The van der Waals surface area contributed by atoms with Gasteiger partial charge in [-0.3, -0.25) is 9.59 Å². The van der Waals surface area contributed by atoms with Crippen LogP contribution in [-0.2, 0) is 23.8 Å². The number of carbonyl (C=O) groups is 2. The number of allylic oxidation sites excluding steroid dienone is 16. The maximum Gasteiger partial charge on any atom is 0.306 e. The third kappa shape index (κ3) is 49.5. The van der Waals surface area contributed by atoms with Crippen molar-refractivity contribution in [1.29, 1.82) is 0 Å². The highest BCUT2D eigenvalue weighted by Gasteiger charge is 2.17. The van der Waals surface area contributed by atoms with Gasteiger partial charge in [-0.15, -0.1) is 0 Å². The van der Waals surface area contributed by atoms with Crippen molar-refractivity contribution in [3.05, 3.63) is 97.2 Å². The van der Waals surface area contributed by atoms with Crippen LogP contribution in [0.15, 0.2) is 97.2 Å². The smallest absolute Gasteiger partial charge is 0.306 e. The first-order chi connectivity index (χ1) is 30.6. The summed E-state index contributed by atoms with van der Waals surface area (Å²) in [5.74, 6) is -0.455. The quantitative estimate of drug-likeness (QED) is 0.0347. The largest absolute Gasteiger partial charge is 0.462 e. The molecule has 0 aliphatic rings. The van der Waals surface area contributed by atoms with E-state index >= 15 is 0 Å². The van der Waals surface area contributed by atoms with Crippen LogP contribution in [-0.4, -0.2) is 37.9 Å². The van der Waals surface area contributed by atoms with Crippen LogP contribution in [0.1, 0.15) is 226 Å². The fourth-order valence-electron chi connectivity index (χ4n) is 6.75. The predicted molar refractivity (Wildman–Crippen MR) is 270 cm³/mol. The van der Waals surface area contributed by atoms with E-state index < -0.39 is 6.10 Å². The van der Waals surface area contributed by atoms with Crippen molar-refractivity contribution in [1.82, 2.24) is 0 Å². The Kier molecular flexibility index (Phi) is 49.5. The van der Waals surface area contributed by atoms with Crippen molar-refractivity contribution in [3.8, 4) is 0 Å². The lowest BCUT2D eigenvalue weighted by Gasteiger charge is -2.18. The first-order valence-corrected chi connectivity index (χ1v) is 25.8. The van der Waals surface area contributed by atoms with E-state index in [0.717, 1.165) is 103 Å². The third-order valence-electron chi connectivity index (χ3n) is 10.6. The van der Waals surface area contributed by atoms with E-state index in [0.29, 0.717) is 19.4 Å². The molecule has 0 saturated carbocycles. The SMILES string of the molecule is CC/C=C\C/C=C\C/C=C\C/C=C\CCCOCC(COC(=O)CCCCCCCC/C=C\C/C=C\C/C=C\CCCCC)OC(=O)CCCCCCC/C=C\CCCCCC. The number of hydrogen-bond acceptors (Lipinski definition) is 5. The van der Waals surface area contributed by atoms with E-state index in [1.807, 2.05) is 0 Å². The fraction of sp³-hybridized carbons (Fsp3) is 0.684. The molecule has 0 bridgehead atoms. The zero-order valence-corrected chi connectivity index (χ0v) is 40.6. The summed E-state index contributed by atoms with van der Waals surface area (Å²) < 4.78 is 17.3. The van der Waals surface area contributed by atoms with Gasteiger partial charge in [0.1, 0.15) is 6.61 Å². The molecule has 0 saturated heterocycles. The Bertz CT molecular complexity index is 1200. The van der Waals surface area contributed by atoms with E-state index in [1.54, 1.807) is 0 Å². The van der Waals surface area contributed by atoms with Gasteiger partial charge in [-0.05, 0) is 116 Å². The number of carbonyl (C=O) groups excluding carboxylic acids is 2. The number of ether oxygens (including phenoxy) is 3. The van der Waals surface area contributed by atoms with Gasteiger partial charge in [0.05, 0.1) is 6.61 Å². The number of hydrogen-bond donors (Lipinski definition) is 0. The van der Waals surface area contributed by atoms with E-state index in [9.17, 15) is 9.59 Å². The van der Waals surface area contributed by atoms with Gasteiger partial charge in [0.25, 0.3) is 0 Å². The number of esters is 2. The van der Waals surface area contributed by atoms with E-state index in [4.69, 9.17) is 14.2 Å². The number of rotatable bonds is 46. The van der Waals surface area contributed by atoms with E-state index in [1.165, 1.54) is 89.9 Å². The molecule has 0 heterocycles. The monoisotopic (exact) mass is 861 g/mol. The van der Waals surface area contributed by atoms with E-state index in [2.05, 4.69) is 118 Å². The minimum atomic E-state index is -0.579. The minimum Gasteiger partial charge on any atom is -0.462 e. The Labute approximate surface area is 383 Å². The van der Waals surface area contributed by atoms with Gasteiger partial charge in [-0.2, -0.15) is 0 Å². The van der Waals surface area contributed by atoms with Gasteiger partial charge < -0.3 is 14.2 Å². The zero-order valence-electron chi connectivity index (χ0n) is 40.6. The Morgan fingerprint density at radius 3 is 1.21 bits per heavy atom. The molecule has 0 aliphatic carbocycles. The van der Waals surface area contributed by atoms with Gasteiger partial charge in [-0.1, -0.05) is 195 Å². The summed E-state index contributed by atoms with van der Waals surface area (Å²) in [5, 5.41) is 0. The maximum atomic E-state index is 12.8. The second kappa shape index (κ2) is 52.2. The van der Waals surface area contributed by atoms with Crippen LogP contribution in [0, 0.1) is 0 Å². The summed E-state index contributed by atoms with van der Waals surface area (Å²) >= 11 is 0. The molecule has 0 aromatic carbocycles. The highest BCUT2D eigenvalue weighted by atomic mass is 16.6. The van der Waals surface area contributed by atoms with Gasteiger partial charge in [0.2, 0.25) is 0 Å². The molecular formula is C57H96O5. The molecule has 0 N–H and O–H groups in total. The highest BCUT2D eigenvalue weighted by molar-refractivity contribution is 5.70. The third-order valence-corrected chi connectivity index (χ3v) is 10.6. The lowest BCUT2D eigenvalue weighted by Crippen LogP contribution is -2.30. The van der Waals surface area contributed by atoms with Crippen LogP contribution in [0.2, 0.25) is 0 Å². The van der Waals surface area contributed by atoms with Gasteiger partial charge in [0, 0.05) is 19.4 Å². The van der Waals surface area contributed by atoms with E-state index in [-0.39, 0.29) is 25.2 Å². The summed E-state index contributed by atoms with van der Waals surface area (Å²) in [7, 11) is 0. The van der Waals surface area contributed by atoms with Gasteiger partial charge in [0.15, 0.2) is 6.10 Å². The standard InChI is InChI=1S/C57H96O5/c1-4-7-10-13-16-19-22-25-27-28-29-30-31-33-35-38-41-44-47-50-56(58)61-54-55(53-60-52-49-46-43-40-37-34-26-23-20-17-14-11-8-5-2)62-57(59)51-48-45-42-39-36-32-24-21-18-15-12-9-6-3/h8,11,16-17,19-21,24-27,29-30,34,40,43,55H,4-7,9-10,12-15,18,22-23,28,31-33,35-39,41-42,44-54H2,1-3H3/b11-8-,19-16-,20-17-,24-21-,27-25-,30-29-,34-26-,43-40-. The Morgan fingerprint density at radius 2 is 0.726 bits per heavy atom. The summed E-state index contributed by atoms with van der Waals surface area (Å²) in [6, 6.07) is 0. The van der Waals surface area contributed by atoms with Crippen molar-refractivity contribution in [3.63, 3.8) is 0 Å². The predicted octanol–water partition coefficient (Wildman–Crippen LogP) is 17.5. The van der Waals surface area contributed by atoms with Gasteiger partial charge >= 0.3 is 11.9 Å². The van der Waals surface area contributed by atoms with Crippen LogP contribution >= 0.6 is 0 Å². The maximum absolute atomic E-state index is 12.8. The average molecular weight is 861 g/mol. The molecule has 62 heavy (non-hydrogen) atoms. The lowest BCUT2D eigenvalue weighted by atomic mass is 10.1. The van der Waals surface area contributed by atoms with Gasteiger partial charge in [-0.25, -0.2) is 0 Å². The first kappa shape index (κ1) is 58.8. The molecule has 0 radical (unpaired) electrons. The fourth-order valence-corrected chi connectivity index (χ4v) is 6.75. The Morgan fingerprint density at radius 1 is 0.371 bits per heavy atom. The van der Waals surface area contributed by atoms with Crippen LogP contribution in [0.3, 0.4) is 0 Å². The lowest BCUT2D eigenvalue weighted by molar-refractivity contribution is -0.163. The van der Waals surface area contributed by atoms with Crippen molar-refractivity contribution < 1.29 is 23.8 Å². The van der Waals surface area contributed by atoms with Crippen LogP contribution in [0.5, 0.6) is 0 Å². The molecule has 0 aromatic heterocycles. The van der Waals surface area contributed by atoms with Crippen LogP contribution < -0.4 is 0 Å². The molecule has 0 rings (SSSR count). The molecule has 1 unspecified atom stereocenters. The average Bonchev–Trinajstić information content (AvgIpc) is 3.27. The molecule has 354 valence electrons. The Hall–Kier alpha value is -3.18. The molecule has 0 fully saturated rings. The van der Waals surface area contributed by atoms with Crippen molar-refractivity contribution in [2.45, 2.75) is 232 Å². The van der Waals surface area contributed by atoms with Crippen molar-refractivity contribution >= 4 is 11.9 Å². The summed E-state index contributed by atoms with van der Waals surface area (Å²) in [5.41, 5.74) is 0. The van der Waals surface area contributed by atoms with Crippen LogP contribution in [0.4, 0.5) is 0 Å². The molecular weight excluding hydrogens is 765 g/mol. The highest BCUT2D eigenvalue weighted by Crippen LogP contribution is 2.13. The molecule has 0 spiro atoms. The molecule has 5 heteroatoms. The van der Waals surface area contributed by atoms with Crippen molar-refractivity contribution in [2.75, 3.05) is 19.8 Å². The van der Waals surface area contributed by atoms with Crippen LogP contribution in [0.25, 0.3) is 0 Å². The minimum absolute atomic E-state index is 0.0487.